The molecule has 2 aromatic rings. The normalized spacial score (nSPS) is 11.5. The molecule has 2 aromatic carbocycles. The summed E-state index contributed by atoms with van der Waals surface area (Å²) < 4.78 is 16.1. The van der Waals surface area contributed by atoms with E-state index < -0.39 is 13.9 Å². The molecule has 0 radical (unpaired) electrons. The van der Waals surface area contributed by atoms with Crippen LogP contribution in [0.25, 0.3) is 0 Å². The van der Waals surface area contributed by atoms with Gasteiger partial charge in [-0.1, -0.05) is 6.07 Å². The van der Waals surface area contributed by atoms with Gasteiger partial charge >= 0.3 is 7.60 Å². The van der Waals surface area contributed by atoms with Crippen LogP contribution in [0.5, 0.6) is 11.5 Å². The van der Waals surface area contributed by atoms with Crippen LogP contribution in [0.2, 0.25) is 0 Å². The summed E-state index contributed by atoms with van der Waals surface area (Å²) in [6.07, 6.45) is 1.90. The molecule has 0 aliphatic rings. The first-order valence-electron chi connectivity index (χ1n) is 7.33. The molecule has 0 fully saturated rings. The molecule has 0 aliphatic carbocycles. The lowest BCUT2D eigenvalue weighted by Gasteiger charge is -2.15. The molecule has 3 N–H and O–H groups in total. The molecule has 0 saturated carbocycles. The first kappa shape index (κ1) is 18.9. The Morgan fingerprint density at radius 2 is 1.75 bits per heavy atom. The Hall–Kier alpha value is -1.46. The molecule has 0 atom stereocenters. The van der Waals surface area contributed by atoms with E-state index in [9.17, 15) is 9.67 Å². The average Bonchev–Trinajstić information content (AvgIpc) is 2.49. The number of aryl methyl sites for hydroxylation is 2. The van der Waals surface area contributed by atoms with Crippen LogP contribution < -0.4 is 4.74 Å². The molecule has 0 spiro atoms. The Morgan fingerprint density at radius 1 is 1.12 bits per heavy atom. The number of benzene rings is 2. The van der Waals surface area contributed by atoms with Crippen molar-refractivity contribution in [2.45, 2.75) is 25.2 Å². The van der Waals surface area contributed by atoms with E-state index in [0.29, 0.717) is 12.2 Å². The number of thioether (sulfide) groups is 1. The van der Waals surface area contributed by atoms with Crippen molar-refractivity contribution in [2.75, 3.05) is 12.6 Å². The highest BCUT2D eigenvalue weighted by molar-refractivity contribution is 7.98. The Balaban J connectivity index is 2.24. The van der Waals surface area contributed by atoms with Crippen LogP contribution in [-0.4, -0.2) is 27.5 Å². The van der Waals surface area contributed by atoms with Gasteiger partial charge in [0.1, 0.15) is 11.5 Å². The lowest BCUT2D eigenvalue weighted by Crippen LogP contribution is -2.01. The summed E-state index contributed by atoms with van der Waals surface area (Å²) >= 11 is 1.57. The van der Waals surface area contributed by atoms with Crippen molar-refractivity contribution in [3.63, 3.8) is 0 Å². The minimum Gasteiger partial charge on any atom is -0.508 e. The quantitative estimate of drug-likeness (QED) is 0.531. The van der Waals surface area contributed by atoms with Crippen molar-refractivity contribution >= 4 is 19.4 Å². The van der Waals surface area contributed by atoms with E-state index in [1.165, 1.54) is 0 Å². The monoisotopic (exact) mass is 368 g/mol. The third-order valence-corrected chi connectivity index (χ3v) is 4.92. The fourth-order valence-corrected chi connectivity index (χ4v) is 3.24. The van der Waals surface area contributed by atoms with Crippen molar-refractivity contribution in [1.82, 2.24) is 0 Å². The first-order chi connectivity index (χ1) is 11.2. The number of phenols is 1. The highest BCUT2D eigenvalue weighted by atomic mass is 32.2. The van der Waals surface area contributed by atoms with E-state index in [4.69, 9.17) is 14.5 Å². The van der Waals surface area contributed by atoms with Crippen molar-refractivity contribution < 1.29 is 24.2 Å². The predicted octanol–water partition coefficient (Wildman–Crippen LogP) is 3.84. The minimum absolute atomic E-state index is 0.266. The van der Waals surface area contributed by atoms with Gasteiger partial charge < -0.3 is 19.6 Å². The third-order valence-electron chi connectivity index (χ3n) is 3.73. The molecular weight excluding hydrogens is 347 g/mol. The maximum atomic E-state index is 10.9. The van der Waals surface area contributed by atoms with Crippen molar-refractivity contribution in [1.29, 1.82) is 0 Å². The van der Waals surface area contributed by atoms with Gasteiger partial charge in [-0.05, 0) is 66.6 Å². The fourth-order valence-electron chi connectivity index (χ4n) is 2.49. The Bertz CT molecular complexity index is 762. The Labute approximate surface area is 145 Å². The number of aromatic hydroxyl groups is 1. The predicted molar refractivity (Wildman–Crippen MR) is 96.1 cm³/mol. The molecule has 0 amide bonds. The largest absolute Gasteiger partial charge is 0.508 e. The second-order valence-electron chi connectivity index (χ2n) is 5.65. The van der Waals surface area contributed by atoms with E-state index in [0.717, 1.165) is 27.1 Å². The maximum absolute atomic E-state index is 10.9. The summed E-state index contributed by atoms with van der Waals surface area (Å²) in [5, 5.41) is 10.2. The molecule has 0 saturated heterocycles. The van der Waals surface area contributed by atoms with Gasteiger partial charge in [-0.25, -0.2) is 0 Å². The zero-order valence-electron chi connectivity index (χ0n) is 13.8. The molecule has 5 nitrogen and oxygen atoms in total. The van der Waals surface area contributed by atoms with E-state index in [1.807, 2.05) is 32.2 Å². The van der Waals surface area contributed by atoms with Gasteiger partial charge in [-0.2, -0.15) is 0 Å². The zero-order valence-corrected chi connectivity index (χ0v) is 15.5. The highest BCUT2D eigenvalue weighted by Crippen LogP contribution is 2.35. The maximum Gasteiger partial charge on any atom is 0.362 e. The summed E-state index contributed by atoms with van der Waals surface area (Å²) in [6.45, 7) is 3.83. The minimum atomic E-state index is -4.20. The van der Waals surface area contributed by atoms with Crippen molar-refractivity contribution in [2.24, 2.45) is 0 Å². The van der Waals surface area contributed by atoms with E-state index in [-0.39, 0.29) is 5.75 Å². The van der Waals surface area contributed by atoms with E-state index in [2.05, 4.69) is 0 Å². The summed E-state index contributed by atoms with van der Waals surface area (Å²) in [4.78, 5) is 18.8. The molecule has 0 heterocycles. The molecule has 24 heavy (non-hydrogen) atoms. The number of ether oxygens (including phenoxy) is 1. The smallest absolute Gasteiger partial charge is 0.362 e. The van der Waals surface area contributed by atoms with Gasteiger partial charge in [-0.3, -0.25) is 4.57 Å². The zero-order chi connectivity index (χ0) is 17.9. The molecule has 7 heteroatoms. The number of hydrogen-bond acceptors (Lipinski definition) is 4. The lowest BCUT2D eigenvalue weighted by atomic mass is 9.95. The fraction of sp³-hybridized carbons (Fsp3) is 0.294. The van der Waals surface area contributed by atoms with Gasteiger partial charge in [0.15, 0.2) is 6.35 Å². The second kappa shape index (κ2) is 7.62. The molecule has 2 rings (SSSR count). The molecule has 0 unspecified atom stereocenters. The van der Waals surface area contributed by atoms with Crippen LogP contribution in [0.3, 0.4) is 0 Å². The number of rotatable bonds is 6. The van der Waals surface area contributed by atoms with Crippen LogP contribution in [0, 0.1) is 13.8 Å². The highest BCUT2D eigenvalue weighted by Gasteiger charge is 2.15. The summed E-state index contributed by atoms with van der Waals surface area (Å²) in [7, 11) is -4.20. The Morgan fingerprint density at radius 3 is 2.25 bits per heavy atom. The molecule has 0 aromatic heterocycles. The molecule has 130 valence electrons. The van der Waals surface area contributed by atoms with Gasteiger partial charge in [0.2, 0.25) is 0 Å². The topological polar surface area (TPSA) is 87.0 Å². The standard InChI is InChI=1S/C17H21O5PS/c1-11-6-14(22-10-23(19,20)21)7-12(2)16(11)8-13-4-5-15(24-3)9-17(13)18/h4-7,9,18H,8,10H2,1-3H3,(H2,19,20,21). The van der Waals surface area contributed by atoms with Crippen molar-refractivity contribution in [3.05, 3.63) is 52.6 Å². The third kappa shape index (κ3) is 5.02. The van der Waals surface area contributed by atoms with Crippen LogP contribution in [0.4, 0.5) is 0 Å². The van der Waals surface area contributed by atoms with Crippen molar-refractivity contribution in [3.8, 4) is 11.5 Å². The number of phenolic OH excluding ortho intramolecular Hbond substituents is 1. The van der Waals surface area contributed by atoms with Crippen LogP contribution in [-0.2, 0) is 11.0 Å². The lowest BCUT2D eigenvalue weighted by molar-refractivity contribution is 0.300. The SMILES string of the molecule is CSc1ccc(Cc2c(C)cc(OCP(=O)(O)O)cc2C)c(O)c1. The Kier molecular flexibility index (Phi) is 5.99. The van der Waals surface area contributed by atoms with E-state index >= 15 is 0 Å². The van der Waals surface area contributed by atoms with Gasteiger partial charge in [0.25, 0.3) is 0 Å². The van der Waals surface area contributed by atoms with Gasteiger partial charge in [-0.15, -0.1) is 11.8 Å². The summed E-state index contributed by atoms with van der Waals surface area (Å²) in [5.41, 5.74) is 3.79. The van der Waals surface area contributed by atoms with Gasteiger partial charge in [0.05, 0.1) is 0 Å². The van der Waals surface area contributed by atoms with Crippen LogP contribution >= 0.6 is 19.4 Å². The summed E-state index contributed by atoms with van der Waals surface area (Å²) in [5.74, 6) is 0.696. The van der Waals surface area contributed by atoms with E-state index in [1.54, 1.807) is 30.0 Å². The average molecular weight is 368 g/mol. The molecule has 0 aliphatic heterocycles. The first-order valence-corrected chi connectivity index (χ1v) is 10.3. The van der Waals surface area contributed by atoms with Gasteiger partial charge in [0, 0.05) is 11.3 Å². The molecule has 0 bridgehead atoms. The van der Waals surface area contributed by atoms with Crippen LogP contribution in [0.15, 0.2) is 35.2 Å². The van der Waals surface area contributed by atoms with Crippen LogP contribution in [0.1, 0.15) is 22.3 Å². The molecular formula is C17H21O5PS. The number of hydrogen-bond donors (Lipinski definition) is 3. The second-order valence-corrected chi connectivity index (χ2v) is 8.11. The summed E-state index contributed by atoms with van der Waals surface area (Å²) in [6, 6.07) is 9.15.